The van der Waals surface area contributed by atoms with E-state index in [0.29, 0.717) is 13.0 Å². The van der Waals surface area contributed by atoms with E-state index in [4.69, 9.17) is 10.8 Å². The van der Waals surface area contributed by atoms with Crippen molar-refractivity contribution >= 4 is 5.91 Å². The van der Waals surface area contributed by atoms with Crippen molar-refractivity contribution in [1.29, 1.82) is 0 Å². The summed E-state index contributed by atoms with van der Waals surface area (Å²) in [4.78, 5) is 11.1. The normalized spacial score (nSPS) is 12.5. The minimum atomic E-state index is 0.00769. The molecule has 5 N–H and O–H groups in total. The summed E-state index contributed by atoms with van der Waals surface area (Å²) >= 11 is 0. The van der Waals surface area contributed by atoms with Gasteiger partial charge in [-0.25, -0.2) is 0 Å². The number of nitrogens with two attached hydrogens (primary N) is 1. The van der Waals surface area contributed by atoms with Crippen LogP contribution < -0.4 is 16.4 Å². The van der Waals surface area contributed by atoms with E-state index in [0.717, 1.165) is 25.8 Å². The second-order valence-electron chi connectivity index (χ2n) is 3.55. The van der Waals surface area contributed by atoms with Crippen molar-refractivity contribution in [3.05, 3.63) is 0 Å². The SMILES string of the molecule is CNC(=O)CC(CN)NCCCCCO. The zero-order chi connectivity index (χ0) is 11.5. The highest BCUT2D eigenvalue weighted by Crippen LogP contribution is 1.95. The molecule has 0 spiro atoms. The lowest BCUT2D eigenvalue weighted by Crippen LogP contribution is -2.40. The van der Waals surface area contributed by atoms with Crippen LogP contribution in [-0.2, 0) is 4.79 Å². The molecule has 0 heterocycles. The second-order valence-corrected chi connectivity index (χ2v) is 3.55. The lowest BCUT2D eigenvalue weighted by molar-refractivity contribution is -0.121. The van der Waals surface area contributed by atoms with Crippen molar-refractivity contribution in [1.82, 2.24) is 10.6 Å². The summed E-state index contributed by atoms with van der Waals surface area (Å²) in [6, 6.07) is 0.0547. The molecule has 1 unspecified atom stereocenters. The summed E-state index contributed by atoms with van der Waals surface area (Å²) in [6.07, 6.45) is 3.27. The number of unbranched alkanes of at least 4 members (excludes halogenated alkanes) is 2. The van der Waals surface area contributed by atoms with Gasteiger partial charge in [-0.05, 0) is 25.8 Å². The topological polar surface area (TPSA) is 87.4 Å². The van der Waals surface area contributed by atoms with Crippen LogP contribution in [0, 0.1) is 0 Å². The quantitative estimate of drug-likeness (QED) is 0.381. The molecule has 1 amide bonds. The lowest BCUT2D eigenvalue weighted by Gasteiger charge is -2.15. The Hall–Kier alpha value is -0.650. The molecule has 0 aromatic carbocycles. The number of amides is 1. The lowest BCUT2D eigenvalue weighted by atomic mass is 10.2. The fourth-order valence-electron chi connectivity index (χ4n) is 1.28. The molecular formula is C10H23N3O2. The minimum Gasteiger partial charge on any atom is -0.396 e. The zero-order valence-electron chi connectivity index (χ0n) is 9.46. The first kappa shape index (κ1) is 14.3. The maximum Gasteiger partial charge on any atom is 0.221 e. The molecule has 0 radical (unpaired) electrons. The number of nitrogens with one attached hydrogen (secondary N) is 2. The first-order valence-electron chi connectivity index (χ1n) is 5.49. The molecule has 0 saturated carbocycles. The van der Waals surface area contributed by atoms with Crippen molar-refractivity contribution in [2.45, 2.75) is 31.7 Å². The van der Waals surface area contributed by atoms with E-state index < -0.39 is 0 Å². The summed E-state index contributed by atoms with van der Waals surface area (Å²) < 4.78 is 0. The molecule has 0 rings (SSSR count). The van der Waals surface area contributed by atoms with Crippen LogP contribution in [0.3, 0.4) is 0 Å². The van der Waals surface area contributed by atoms with Crippen LogP contribution in [0.15, 0.2) is 0 Å². The Morgan fingerprint density at radius 3 is 2.67 bits per heavy atom. The number of aliphatic hydroxyl groups is 1. The Morgan fingerprint density at radius 1 is 1.40 bits per heavy atom. The summed E-state index contributed by atoms with van der Waals surface area (Å²) in [5, 5.41) is 14.4. The standard InChI is InChI=1S/C10H23N3O2/c1-12-10(15)7-9(8-11)13-5-3-2-4-6-14/h9,13-14H,2-8,11H2,1H3,(H,12,15). The van der Waals surface area contributed by atoms with E-state index in [-0.39, 0.29) is 18.6 Å². The second kappa shape index (κ2) is 9.89. The van der Waals surface area contributed by atoms with E-state index in [1.54, 1.807) is 7.05 Å². The third-order valence-electron chi connectivity index (χ3n) is 2.26. The zero-order valence-corrected chi connectivity index (χ0v) is 9.46. The molecule has 5 heteroatoms. The molecule has 0 aromatic heterocycles. The van der Waals surface area contributed by atoms with Crippen molar-refractivity contribution in [2.24, 2.45) is 5.73 Å². The third kappa shape index (κ3) is 8.35. The van der Waals surface area contributed by atoms with Gasteiger partial charge >= 0.3 is 0 Å². The van der Waals surface area contributed by atoms with Crippen molar-refractivity contribution in [3.8, 4) is 0 Å². The number of aliphatic hydroxyl groups excluding tert-OH is 1. The van der Waals surface area contributed by atoms with Gasteiger partial charge in [-0.15, -0.1) is 0 Å². The van der Waals surface area contributed by atoms with Crippen LogP contribution in [0.5, 0.6) is 0 Å². The van der Waals surface area contributed by atoms with Gasteiger partial charge in [-0.3, -0.25) is 4.79 Å². The summed E-state index contributed by atoms with van der Waals surface area (Å²) in [6.45, 7) is 1.56. The average Bonchev–Trinajstić information content (AvgIpc) is 2.26. The number of carbonyl (C=O) groups excluding carboxylic acids is 1. The maximum absolute atomic E-state index is 11.1. The number of hydrogen-bond donors (Lipinski definition) is 4. The van der Waals surface area contributed by atoms with Crippen molar-refractivity contribution in [2.75, 3.05) is 26.7 Å². The largest absolute Gasteiger partial charge is 0.396 e. The van der Waals surface area contributed by atoms with Gasteiger partial charge in [0, 0.05) is 32.7 Å². The van der Waals surface area contributed by atoms with Gasteiger partial charge in [0.25, 0.3) is 0 Å². The van der Waals surface area contributed by atoms with Gasteiger partial charge in [0.2, 0.25) is 5.91 Å². The molecular weight excluding hydrogens is 194 g/mol. The van der Waals surface area contributed by atoms with Crippen LogP contribution in [-0.4, -0.2) is 43.8 Å². The molecule has 15 heavy (non-hydrogen) atoms. The van der Waals surface area contributed by atoms with E-state index in [1.165, 1.54) is 0 Å². The Bertz CT molecular complexity index is 165. The van der Waals surface area contributed by atoms with Crippen LogP contribution in [0.25, 0.3) is 0 Å². The van der Waals surface area contributed by atoms with Crippen LogP contribution in [0.2, 0.25) is 0 Å². The van der Waals surface area contributed by atoms with E-state index >= 15 is 0 Å². The molecule has 0 aromatic rings. The van der Waals surface area contributed by atoms with Gasteiger partial charge in [0.1, 0.15) is 0 Å². The van der Waals surface area contributed by atoms with Crippen molar-refractivity contribution in [3.63, 3.8) is 0 Å². The Morgan fingerprint density at radius 2 is 2.13 bits per heavy atom. The smallest absolute Gasteiger partial charge is 0.221 e. The average molecular weight is 217 g/mol. The molecule has 0 aliphatic rings. The van der Waals surface area contributed by atoms with E-state index in [2.05, 4.69) is 10.6 Å². The molecule has 0 aliphatic heterocycles. The molecule has 1 atom stereocenters. The van der Waals surface area contributed by atoms with Crippen LogP contribution in [0.4, 0.5) is 0 Å². The highest BCUT2D eigenvalue weighted by atomic mass is 16.2. The fourth-order valence-corrected chi connectivity index (χ4v) is 1.28. The number of rotatable bonds is 9. The van der Waals surface area contributed by atoms with Gasteiger partial charge < -0.3 is 21.5 Å². The van der Waals surface area contributed by atoms with Crippen molar-refractivity contribution < 1.29 is 9.90 Å². The Kier molecular flexibility index (Phi) is 9.46. The van der Waals surface area contributed by atoms with Crippen LogP contribution >= 0.6 is 0 Å². The van der Waals surface area contributed by atoms with Gasteiger partial charge in [-0.2, -0.15) is 0 Å². The molecule has 0 aliphatic carbocycles. The Labute approximate surface area is 91.4 Å². The van der Waals surface area contributed by atoms with Gasteiger partial charge in [0.05, 0.1) is 0 Å². The highest BCUT2D eigenvalue weighted by molar-refractivity contribution is 5.76. The van der Waals surface area contributed by atoms with E-state index in [9.17, 15) is 4.79 Å². The summed E-state index contributed by atoms with van der Waals surface area (Å²) in [7, 11) is 1.62. The minimum absolute atomic E-state index is 0.00769. The maximum atomic E-state index is 11.1. The molecule has 5 nitrogen and oxygen atoms in total. The van der Waals surface area contributed by atoms with E-state index in [1.807, 2.05) is 0 Å². The van der Waals surface area contributed by atoms with Gasteiger partial charge in [0.15, 0.2) is 0 Å². The summed E-state index contributed by atoms with van der Waals surface area (Å²) in [5.74, 6) is 0.00769. The third-order valence-corrected chi connectivity index (χ3v) is 2.26. The first-order chi connectivity index (χ1) is 7.24. The Balaban J connectivity index is 3.48. The molecule has 0 bridgehead atoms. The highest BCUT2D eigenvalue weighted by Gasteiger charge is 2.09. The first-order valence-corrected chi connectivity index (χ1v) is 5.49. The predicted molar refractivity (Wildman–Crippen MR) is 60.5 cm³/mol. The van der Waals surface area contributed by atoms with Gasteiger partial charge in [-0.1, -0.05) is 0 Å². The molecule has 90 valence electrons. The predicted octanol–water partition coefficient (Wildman–Crippen LogP) is -0.798. The number of carbonyl (C=O) groups is 1. The molecule has 0 fully saturated rings. The van der Waals surface area contributed by atoms with Crippen LogP contribution in [0.1, 0.15) is 25.7 Å². The number of hydrogen-bond acceptors (Lipinski definition) is 4. The fraction of sp³-hybridized carbons (Fsp3) is 0.900. The molecule has 0 saturated heterocycles. The summed E-state index contributed by atoms with van der Waals surface area (Å²) in [5.41, 5.74) is 5.53. The monoisotopic (exact) mass is 217 g/mol.